The lowest BCUT2D eigenvalue weighted by molar-refractivity contribution is -0.175. The number of carbonyl (C=O) groups excluding carboxylic acids is 1. The van der Waals surface area contributed by atoms with Crippen molar-refractivity contribution in [3.05, 3.63) is 0 Å². The number of carboxylic acids is 1. The molecule has 1 N–H and O–H groups in total. The van der Waals surface area contributed by atoms with Crippen LogP contribution in [0.3, 0.4) is 0 Å². The summed E-state index contributed by atoms with van der Waals surface area (Å²) in [5.74, 6) is -0.914. The van der Waals surface area contributed by atoms with Crippen molar-refractivity contribution in [2.45, 2.75) is 39.2 Å². The van der Waals surface area contributed by atoms with Gasteiger partial charge in [-0.05, 0) is 19.3 Å². The third-order valence-electron chi connectivity index (χ3n) is 3.97. The molecule has 0 aromatic carbocycles. The van der Waals surface area contributed by atoms with E-state index in [1.165, 1.54) is 5.01 Å². The van der Waals surface area contributed by atoms with Crippen LogP contribution in [-0.2, 0) is 9.59 Å². The maximum absolute atomic E-state index is 12.3. The molecule has 0 aliphatic carbocycles. The average Bonchev–Trinajstić information content (AvgIpc) is 2.68. The molecular formula is C11H18N2O3. The van der Waals surface area contributed by atoms with E-state index in [-0.39, 0.29) is 11.3 Å². The summed E-state index contributed by atoms with van der Waals surface area (Å²) in [5.41, 5.74) is -0.380. The van der Waals surface area contributed by atoms with Gasteiger partial charge in [-0.2, -0.15) is 0 Å². The number of aliphatic carboxylic acids is 1. The van der Waals surface area contributed by atoms with Gasteiger partial charge in [0.1, 0.15) is 6.04 Å². The molecule has 2 atom stereocenters. The van der Waals surface area contributed by atoms with E-state index in [0.29, 0.717) is 13.0 Å². The molecule has 90 valence electrons. The zero-order chi connectivity index (χ0) is 11.9. The zero-order valence-electron chi connectivity index (χ0n) is 9.77. The Bertz CT molecular complexity index is 331. The molecule has 0 aromatic heterocycles. The Hall–Kier alpha value is -1.10. The second kappa shape index (κ2) is 3.73. The number of hydrazine groups is 1. The highest BCUT2D eigenvalue weighted by Gasteiger charge is 2.49. The van der Waals surface area contributed by atoms with Gasteiger partial charge in [0.05, 0.1) is 0 Å². The van der Waals surface area contributed by atoms with Crippen LogP contribution in [0.15, 0.2) is 0 Å². The Kier molecular flexibility index (Phi) is 2.66. The fourth-order valence-corrected chi connectivity index (χ4v) is 2.50. The smallest absolute Gasteiger partial charge is 0.328 e. The topological polar surface area (TPSA) is 60.9 Å². The third-order valence-corrected chi connectivity index (χ3v) is 3.97. The number of fused-ring (bicyclic) bond motifs is 1. The van der Waals surface area contributed by atoms with Crippen LogP contribution in [0.25, 0.3) is 0 Å². The molecule has 0 aromatic rings. The third kappa shape index (κ3) is 1.50. The molecular weight excluding hydrogens is 208 g/mol. The van der Waals surface area contributed by atoms with Crippen LogP contribution < -0.4 is 0 Å². The van der Waals surface area contributed by atoms with Gasteiger partial charge < -0.3 is 5.11 Å². The van der Waals surface area contributed by atoms with E-state index in [2.05, 4.69) is 0 Å². The second-order valence-electron chi connectivity index (χ2n) is 4.91. The van der Waals surface area contributed by atoms with Crippen molar-refractivity contribution >= 4 is 11.9 Å². The molecule has 2 fully saturated rings. The van der Waals surface area contributed by atoms with Crippen LogP contribution in [0.4, 0.5) is 0 Å². The van der Waals surface area contributed by atoms with Crippen molar-refractivity contribution < 1.29 is 14.7 Å². The Morgan fingerprint density at radius 3 is 2.81 bits per heavy atom. The number of hydrogen-bond donors (Lipinski definition) is 1. The quantitative estimate of drug-likeness (QED) is 0.753. The SMILES string of the molecule is CC[C@]1(C)CCN2CC[C@@H](C(=O)O)N2C1=O. The summed E-state index contributed by atoms with van der Waals surface area (Å²) in [7, 11) is 0. The lowest BCUT2D eigenvalue weighted by Gasteiger charge is -2.43. The van der Waals surface area contributed by atoms with E-state index in [0.717, 1.165) is 19.4 Å². The van der Waals surface area contributed by atoms with Crippen molar-refractivity contribution in [1.82, 2.24) is 10.0 Å². The van der Waals surface area contributed by atoms with Gasteiger partial charge in [-0.1, -0.05) is 13.8 Å². The molecule has 2 aliphatic rings. The van der Waals surface area contributed by atoms with E-state index in [1.807, 2.05) is 18.9 Å². The van der Waals surface area contributed by atoms with Gasteiger partial charge in [0.2, 0.25) is 5.91 Å². The molecule has 2 heterocycles. The first-order chi connectivity index (χ1) is 7.49. The molecule has 2 aliphatic heterocycles. The van der Waals surface area contributed by atoms with Crippen LogP contribution in [0, 0.1) is 5.41 Å². The predicted molar refractivity (Wildman–Crippen MR) is 57.5 cm³/mol. The Morgan fingerprint density at radius 2 is 2.25 bits per heavy atom. The summed E-state index contributed by atoms with van der Waals surface area (Å²) < 4.78 is 0. The summed E-state index contributed by atoms with van der Waals surface area (Å²) in [6, 6.07) is -0.654. The van der Waals surface area contributed by atoms with Gasteiger partial charge in [-0.15, -0.1) is 0 Å². The molecule has 0 spiro atoms. The largest absolute Gasteiger partial charge is 0.480 e. The van der Waals surface area contributed by atoms with Crippen LogP contribution in [0.1, 0.15) is 33.1 Å². The number of nitrogens with zero attached hydrogens (tertiary/aromatic N) is 2. The van der Waals surface area contributed by atoms with Crippen LogP contribution >= 0.6 is 0 Å². The van der Waals surface area contributed by atoms with Crippen LogP contribution in [-0.4, -0.2) is 46.1 Å². The summed E-state index contributed by atoms with van der Waals surface area (Å²) >= 11 is 0. The maximum atomic E-state index is 12.3. The molecule has 16 heavy (non-hydrogen) atoms. The molecule has 0 unspecified atom stereocenters. The zero-order valence-corrected chi connectivity index (χ0v) is 9.77. The van der Waals surface area contributed by atoms with Gasteiger partial charge >= 0.3 is 5.97 Å². The number of rotatable bonds is 2. The van der Waals surface area contributed by atoms with Crippen molar-refractivity contribution in [2.75, 3.05) is 13.1 Å². The molecule has 0 bridgehead atoms. The molecule has 2 saturated heterocycles. The molecule has 0 radical (unpaired) electrons. The minimum absolute atomic E-state index is 0.0221. The lowest BCUT2D eigenvalue weighted by atomic mass is 9.81. The minimum atomic E-state index is -0.892. The first-order valence-corrected chi connectivity index (χ1v) is 5.81. The maximum Gasteiger partial charge on any atom is 0.328 e. The number of amides is 1. The van der Waals surface area contributed by atoms with Crippen LogP contribution in [0.2, 0.25) is 0 Å². The summed E-state index contributed by atoms with van der Waals surface area (Å²) in [4.78, 5) is 23.4. The number of carboxylic acid groups (broad SMARTS) is 1. The normalized spacial score (nSPS) is 35.2. The monoisotopic (exact) mass is 226 g/mol. The first kappa shape index (κ1) is 11.4. The van der Waals surface area contributed by atoms with Gasteiger partial charge in [0, 0.05) is 18.5 Å². The highest BCUT2D eigenvalue weighted by Crippen LogP contribution is 2.37. The van der Waals surface area contributed by atoms with Gasteiger partial charge in [0.25, 0.3) is 0 Å². The Labute approximate surface area is 95.0 Å². The van der Waals surface area contributed by atoms with Crippen molar-refractivity contribution in [2.24, 2.45) is 5.41 Å². The predicted octanol–water partition coefficient (Wildman–Crippen LogP) is 0.709. The second-order valence-corrected chi connectivity index (χ2v) is 4.91. The molecule has 5 heteroatoms. The summed E-state index contributed by atoms with van der Waals surface area (Å²) in [6.45, 7) is 5.39. The van der Waals surface area contributed by atoms with E-state index in [4.69, 9.17) is 5.11 Å². The fraction of sp³-hybridized carbons (Fsp3) is 0.818. The van der Waals surface area contributed by atoms with Gasteiger partial charge in [-0.25, -0.2) is 9.80 Å². The average molecular weight is 226 g/mol. The van der Waals surface area contributed by atoms with Gasteiger partial charge in [-0.3, -0.25) is 9.80 Å². The van der Waals surface area contributed by atoms with Crippen molar-refractivity contribution in [3.63, 3.8) is 0 Å². The fourth-order valence-electron chi connectivity index (χ4n) is 2.50. The van der Waals surface area contributed by atoms with Crippen LogP contribution in [0.5, 0.6) is 0 Å². The Balaban J connectivity index is 2.26. The standard InChI is InChI=1S/C11H18N2O3/c1-3-11(2)5-7-12-6-4-8(9(14)15)13(12)10(11)16/h8H,3-7H2,1-2H3,(H,14,15)/t8-,11+/m0/s1. The van der Waals surface area contributed by atoms with Gasteiger partial charge in [0.15, 0.2) is 0 Å². The van der Waals surface area contributed by atoms with E-state index >= 15 is 0 Å². The summed E-state index contributed by atoms with van der Waals surface area (Å²) in [6.07, 6.45) is 2.13. The molecule has 0 saturated carbocycles. The number of hydrogen-bond acceptors (Lipinski definition) is 3. The highest BCUT2D eigenvalue weighted by atomic mass is 16.4. The molecule has 1 amide bonds. The molecule has 2 rings (SSSR count). The minimum Gasteiger partial charge on any atom is -0.480 e. The molecule has 5 nitrogen and oxygen atoms in total. The van der Waals surface area contributed by atoms with Crippen molar-refractivity contribution in [1.29, 1.82) is 0 Å². The number of carbonyl (C=O) groups is 2. The first-order valence-electron chi connectivity index (χ1n) is 5.81. The highest BCUT2D eigenvalue weighted by molar-refractivity contribution is 5.88. The van der Waals surface area contributed by atoms with E-state index in [1.54, 1.807) is 0 Å². The Morgan fingerprint density at radius 1 is 1.56 bits per heavy atom. The lowest BCUT2D eigenvalue weighted by Crippen LogP contribution is -2.58. The van der Waals surface area contributed by atoms with E-state index in [9.17, 15) is 9.59 Å². The van der Waals surface area contributed by atoms with Crippen molar-refractivity contribution in [3.8, 4) is 0 Å². The summed E-state index contributed by atoms with van der Waals surface area (Å²) in [5, 5.41) is 12.5. The van der Waals surface area contributed by atoms with E-state index < -0.39 is 12.0 Å².